The fourth-order valence-corrected chi connectivity index (χ4v) is 1.60. The summed E-state index contributed by atoms with van der Waals surface area (Å²) in [5.41, 5.74) is 6.15. The molecule has 2 rings (SSSR count). The van der Waals surface area contributed by atoms with Crippen LogP contribution in [0.1, 0.15) is 0 Å². The fourth-order valence-electron chi connectivity index (χ4n) is 0.944. The van der Waals surface area contributed by atoms with Gasteiger partial charge >= 0.3 is 0 Å². The van der Waals surface area contributed by atoms with E-state index in [9.17, 15) is 0 Å². The van der Waals surface area contributed by atoms with Gasteiger partial charge in [-0.25, -0.2) is 9.97 Å². The van der Waals surface area contributed by atoms with E-state index >= 15 is 0 Å². The molecule has 0 unspecified atom stereocenters. The van der Waals surface area contributed by atoms with Crippen molar-refractivity contribution in [2.45, 2.75) is 0 Å². The molecule has 0 aliphatic rings. The number of thiazole rings is 1. The zero-order valence-electron chi connectivity index (χ0n) is 7.35. The van der Waals surface area contributed by atoms with Gasteiger partial charge in [0.15, 0.2) is 15.6 Å². The Morgan fingerprint density at radius 3 is 2.85 bits per heavy atom. The van der Waals surface area contributed by atoms with Gasteiger partial charge in [0.1, 0.15) is 5.82 Å². The van der Waals surface area contributed by atoms with Crippen LogP contribution in [0.5, 0.6) is 0 Å². The van der Waals surface area contributed by atoms with Gasteiger partial charge in [0.2, 0.25) is 0 Å². The Labute approximate surface area is 79.2 Å². The van der Waals surface area contributed by atoms with E-state index < -0.39 is 0 Å². The van der Waals surface area contributed by atoms with E-state index in [1.165, 1.54) is 11.3 Å². The van der Waals surface area contributed by atoms with E-state index in [0.29, 0.717) is 10.8 Å². The highest BCUT2D eigenvalue weighted by Gasteiger charge is 2.05. The van der Waals surface area contributed by atoms with Crippen LogP contribution in [0.3, 0.4) is 0 Å². The molecule has 0 aliphatic carbocycles. The Balaban J connectivity index is 2.61. The van der Waals surface area contributed by atoms with E-state index in [-0.39, 0.29) is 0 Å². The summed E-state index contributed by atoms with van der Waals surface area (Å²) in [5, 5.41) is 0.505. The largest absolute Gasteiger partial charge is 0.375 e. The Hall–Kier alpha value is -1.43. The van der Waals surface area contributed by atoms with Crippen LogP contribution in [0.2, 0.25) is 0 Å². The molecule has 0 atom stereocenters. The maximum atomic E-state index is 5.53. The first kappa shape index (κ1) is 8.18. The van der Waals surface area contributed by atoms with Crippen LogP contribution in [-0.4, -0.2) is 29.0 Å². The number of aromatic nitrogens is 3. The first-order valence-corrected chi connectivity index (χ1v) is 4.55. The summed E-state index contributed by atoms with van der Waals surface area (Å²) in [6.07, 6.45) is 1.68. The normalized spacial score (nSPS) is 10.6. The van der Waals surface area contributed by atoms with Gasteiger partial charge in [0.25, 0.3) is 0 Å². The molecule has 0 bridgehead atoms. The lowest BCUT2D eigenvalue weighted by atomic mass is 10.6. The van der Waals surface area contributed by atoms with Crippen LogP contribution in [-0.2, 0) is 0 Å². The van der Waals surface area contributed by atoms with Crippen molar-refractivity contribution in [3.63, 3.8) is 0 Å². The molecule has 5 nitrogen and oxygen atoms in total. The molecule has 0 aliphatic heterocycles. The van der Waals surface area contributed by atoms with Crippen molar-refractivity contribution in [3.05, 3.63) is 6.20 Å². The Kier molecular flexibility index (Phi) is 1.77. The van der Waals surface area contributed by atoms with Crippen molar-refractivity contribution in [2.24, 2.45) is 0 Å². The smallest absolute Gasteiger partial charge is 0.191 e. The minimum Gasteiger partial charge on any atom is -0.375 e. The SMILES string of the molecule is CN(C)c1cnc2nc(N)sc2n1. The summed E-state index contributed by atoms with van der Waals surface area (Å²) >= 11 is 1.35. The van der Waals surface area contributed by atoms with Crippen molar-refractivity contribution in [3.8, 4) is 0 Å². The maximum Gasteiger partial charge on any atom is 0.191 e. The minimum absolute atomic E-state index is 0.505. The van der Waals surface area contributed by atoms with Gasteiger partial charge in [-0.15, -0.1) is 0 Å². The molecule has 2 heterocycles. The van der Waals surface area contributed by atoms with Crippen molar-refractivity contribution < 1.29 is 0 Å². The third-order valence-corrected chi connectivity index (χ3v) is 2.35. The van der Waals surface area contributed by atoms with Gasteiger partial charge in [0, 0.05) is 14.1 Å². The van der Waals surface area contributed by atoms with Crippen LogP contribution >= 0.6 is 11.3 Å². The molecule has 0 saturated heterocycles. The highest BCUT2D eigenvalue weighted by Crippen LogP contribution is 2.21. The molecular weight excluding hydrogens is 186 g/mol. The average Bonchev–Trinajstić information content (AvgIpc) is 2.42. The lowest BCUT2D eigenvalue weighted by Gasteiger charge is -2.08. The number of fused-ring (bicyclic) bond motifs is 1. The molecule has 0 spiro atoms. The van der Waals surface area contributed by atoms with Gasteiger partial charge in [-0.3, -0.25) is 0 Å². The summed E-state index contributed by atoms with van der Waals surface area (Å²) in [5.74, 6) is 0.816. The van der Waals surface area contributed by atoms with E-state index in [0.717, 1.165) is 10.6 Å². The first-order valence-electron chi connectivity index (χ1n) is 3.73. The van der Waals surface area contributed by atoms with Crippen LogP contribution < -0.4 is 10.6 Å². The second-order valence-electron chi connectivity index (χ2n) is 2.80. The minimum atomic E-state index is 0.505. The zero-order valence-corrected chi connectivity index (χ0v) is 8.17. The van der Waals surface area contributed by atoms with Crippen molar-refractivity contribution in [1.82, 2.24) is 15.0 Å². The second kappa shape index (κ2) is 2.81. The van der Waals surface area contributed by atoms with Gasteiger partial charge in [0.05, 0.1) is 6.20 Å². The highest BCUT2D eigenvalue weighted by molar-refractivity contribution is 7.21. The van der Waals surface area contributed by atoms with Crippen molar-refractivity contribution in [1.29, 1.82) is 0 Å². The molecule has 6 heteroatoms. The molecule has 0 saturated carbocycles. The summed E-state index contributed by atoms with van der Waals surface area (Å²) in [4.78, 5) is 15.2. The first-order chi connectivity index (χ1) is 6.16. The lowest BCUT2D eigenvalue weighted by Crippen LogP contribution is -2.10. The molecule has 0 radical (unpaired) electrons. The molecule has 2 N–H and O–H groups in total. The van der Waals surface area contributed by atoms with Gasteiger partial charge < -0.3 is 10.6 Å². The molecule has 0 fully saturated rings. The molecule has 68 valence electrons. The average molecular weight is 195 g/mol. The number of nitrogen functional groups attached to an aromatic ring is 1. The number of hydrogen-bond acceptors (Lipinski definition) is 6. The summed E-state index contributed by atoms with van der Waals surface area (Å²) in [6.45, 7) is 0. The number of anilines is 2. The Bertz CT molecular complexity index is 435. The van der Waals surface area contributed by atoms with Gasteiger partial charge in [-0.1, -0.05) is 11.3 Å². The lowest BCUT2D eigenvalue weighted by molar-refractivity contribution is 1.06. The molecule has 0 aromatic carbocycles. The van der Waals surface area contributed by atoms with E-state index in [1.807, 2.05) is 19.0 Å². The van der Waals surface area contributed by atoms with Crippen LogP contribution in [0.15, 0.2) is 6.20 Å². The predicted molar refractivity (Wildman–Crippen MR) is 53.9 cm³/mol. The predicted octanol–water partition coefficient (Wildman–Crippen LogP) is 0.734. The van der Waals surface area contributed by atoms with Gasteiger partial charge in [-0.05, 0) is 0 Å². The quantitative estimate of drug-likeness (QED) is 0.726. The molecule has 2 aromatic heterocycles. The number of nitrogens with two attached hydrogens (primary N) is 1. The third kappa shape index (κ3) is 1.40. The molecule has 13 heavy (non-hydrogen) atoms. The van der Waals surface area contributed by atoms with E-state index in [1.54, 1.807) is 6.20 Å². The molecule has 2 aromatic rings. The standard InChI is InChI=1S/C7H9N5S/c1-12(2)4-3-9-5-6(10-4)13-7(8)11-5/h3H,1-2H3,(H2,8,9,11). The van der Waals surface area contributed by atoms with Crippen LogP contribution in [0.4, 0.5) is 10.9 Å². The fraction of sp³-hybridized carbons (Fsp3) is 0.286. The maximum absolute atomic E-state index is 5.53. The third-order valence-electron chi connectivity index (χ3n) is 1.59. The summed E-state index contributed by atoms with van der Waals surface area (Å²) < 4.78 is 0. The van der Waals surface area contributed by atoms with E-state index in [2.05, 4.69) is 15.0 Å². The summed E-state index contributed by atoms with van der Waals surface area (Å²) in [7, 11) is 3.83. The second-order valence-corrected chi connectivity index (χ2v) is 3.81. The number of nitrogens with zero attached hydrogens (tertiary/aromatic N) is 4. The number of hydrogen-bond donors (Lipinski definition) is 1. The van der Waals surface area contributed by atoms with Crippen LogP contribution in [0.25, 0.3) is 10.5 Å². The zero-order chi connectivity index (χ0) is 9.42. The Morgan fingerprint density at radius 1 is 1.38 bits per heavy atom. The topological polar surface area (TPSA) is 67.9 Å². The van der Waals surface area contributed by atoms with Crippen molar-refractivity contribution in [2.75, 3.05) is 24.7 Å². The van der Waals surface area contributed by atoms with Crippen LogP contribution in [0, 0.1) is 0 Å². The monoisotopic (exact) mass is 195 g/mol. The summed E-state index contributed by atoms with van der Waals surface area (Å²) in [6, 6.07) is 0. The van der Waals surface area contributed by atoms with E-state index in [4.69, 9.17) is 5.73 Å². The van der Waals surface area contributed by atoms with Crippen molar-refractivity contribution >= 4 is 32.8 Å². The molecular formula is C7H9N5S. The Morgan fingerprint density at radius 2 is 2.15 bits per heavy atom. The highest BCUT2D eigenvalue weighted by atomic mass is 32.1. The van der Waals surface area contributed by atoms with Gasteiger partial charge in [-0.2, -0.15) is 4.98 Å². The number of rotatable bonds is 1. The molecule has 0 amide bonds.